The van der Waals surface area contributed by atoms with Crippen LogP contribution in [0, 0.1) is 18.3 Å². The van der Waals surface area contributed by atoms with E-state index in [0.717, 1.165) is 43.0 Å². The molecule has 3 nitrogen and oxygen atoms in total. The van der Waals surface area contributed by atoms with Crippen LogP contribution in [-0.4, -0.2) is 11.5 Å². The first-order chi connectivity index (χ1) is 10.2. The molecule has 0 bridgehead atoms. The quantitative estimate of drug-likeness (QED) is 0.854. The summed E-state index contributed by atoms with van der Waals surface area (Å²) in [6.07, 6.45) is 3.22. The lowest BCUT2D eigenvalue weighted by molar-refractivity contribution is 0.894. The standard InChI is InChI=1S/C18H19N3/c1-3-21(16-8-4-6-13(2)10-16)18-15(12-19)11-14-7-5-9-17(14)20-18/h4,6,8,10-11H,3,5,7,9H2,1-2H3. The molecule has 0 aliphatic heterocycles. The van der Waals surface area contributed by atoms with Gasteiger partial charge in [0.2, 0.25) is 0 Å². The average Bonchev–Trinajstić information content (AvgIpc) is 2.94. The summed E-state index contributed by atoms with van der Waals surface area (Å²) < 4.78 is 0. The first-order valence-electron chi connectivity index (χ1n) is 7.50. The van der Waals surface area contributed by atoms with E-state index in [4.69, 9.17) is 4.98 Å². The van der Waals surface area contributed by atoms with Crippen molar-refractivity contribution in [3.05, 3.63) is 52.7 Å². The number of benzene rings is 1. The third kappa shape index (κ3) is 2.50. The Morgan fingerprint density at radius 2 is 2.14 bits per heavy atom. The lowest BCUT2D eigenvalue weighted by Gasteiger charge is -2.24. The van der Waals surface area contributed by atoms with E-state index in [2.05, 4.69) is 43.0 Å². The molecule has 0 fully saturated rings. The Bertz CT molecular complexity index is 713. The summed E-state index contributed by atoms with van der Waals surface area (Å²) in [5, 5.41) is 9.48. The number of anilines is 2. The van der Waals surface area contributed by atoms with Crippen molar-refractivity contribution >= 4 is 11.5 Å². The Kier molecular flexibility index (Phi) is 3.62. The van der Waals surface area contributed by atoms with Gasteiger partial charge in [0.1, 0.15) is 6.07 Å². The van der Waals surface area contributed by atoms with Crippen LogP contribution in [0.25, 0.3) is 0 Å². The highest BCUT2D eigenvalue weighted by molar-refractivity contribution is 5.67. The van der Waals surface area contributed by atoms with Crippen LogP contribution < -0.4 is 4.90 Å². The molecule has 0 unspecified atom stereocenters. The zero-order valence-electron chi connectivity index (χ0n) is 12.6. The maximum atomic E-state index is 9.48. The normalized spacial score (nSPS) is 12.8. The van der Waals surface area contributed by atoms with Gasteiger partial charge in [-0.1, -0.05) is 12.1 Å². The summed E-state index contributed by atoms with van der Waals surface area (Å²) in [6, 6.07) is 12.7. The molecule has 0 atom stereocenters. The van der Waals surface area contributed by atoms with Crippen molar-refractivity contribution in [1.29, 1.82) is 5.26 Å². The van der Waals surface area contributed by atoms with Crippen LogP contribution in [0.4, 0.5) is 11.5 Å². The van der Waals surface area contributed by atoms with Crippen LogP contribution in [0.1, 0.15) is 35.7 Å². The van der Waals surface area contributed by atoms with Gasteiger partial charge < -0.3 is 4.90 Å². The summed E-state index contributed by atoms with van der Waals surface area (Å²) in [4.78, 5) is 6.93. The average molecular weight is 277 g/mol. The van der Waals surface area contributed by atoms with E-state index in [0.29, 0.717) is 5.56 Å². The van der Waals surface area contributed by atoms with Crippen LogP contribution in [0.3, 0.4) is 0 Å². The Hall–Kier alpha value is -2.34. The highest BCUT2D eigenvalue weighted by Gasteiger charge is 2.20. The van der Waals surface area contributed by atoms with Gasteiger partial charge in [0, 0.05) is 17.9 Å². The second-order valence-corrected chi connectivity index (χ2v) is 5.51. The van der Waals surface area contributed by atoms with E-state index in [1.807, 2.05) is 12.1 Å². The summed E-state index contributed by atoms with van der Waals surface area (Å²) in [7, 11) is 0. The molecule has 1 aromatic carbocycles. The highest BCUT2D eigenvalue weighted by Crippen LogP contribution is 2.31. The van der Waals surface area contributed by atoms with E-state index in [1.54, 1.807) is 0 Å². The van der Waals surface area contributed by atoms with Gasteiger partial charge in [0.25, 0.3) is 0 Å². The number of hydrogen-bond donors (Lipinski definition) is 0. The second kappa shape index (κ2) is 5.57. The van der Waals surface area contributed by atoms with Gasteiger partial charge in [-0.15, -0.1) is 0 Å². The molecule has 3 heteroatoms. The van der Waals surface area contributed by atoms with Gasteiger partial charge in [-0.2, -0.15) is 5.26 Å². The van der Waals surface area contributed by atoms with Crippen molar-refractivity contribution in [3.63, 3.8) is 0 Å². The third-order valence-electron chi connectivity index (χ3n) is 4.04. The van der Waals surface area contributed by atoms with Gasteiger partial charge in [0.05, 0.1) is 5.56 Å². The van der Waals surface area contributed by atoms with Crippen molar-refractivity contribution in [3.8, 4) is 6.07 Å². The lowest BCUT2D eigenvalue weighted by Crippen LogP contribution is -2.19. The fourth-order valence-corrected chi connectivity index (χ4v) is 3.00. The van der Waals surface area contributed by atoms with Gasteiger partial charge in [-0.3, -0.25) is 0 Å². The Morgan fingerprint density at radius 3 is 2.86 bits per heavy atom. The maximum absolute atomic E-state index is 9.48. The fraction of sp³-hybridized carbons (Fsp3) is 0.333. The Balaban J connectivity index is 2.11. The molecule has 0 saturated heterocycles. The van der Waals surface area contributed by atoms with Gasteiger partial charge in [-0.25, -0.2) is 4.98 Å². The van der Waals surface area contributed by atoms with Gasteiger partial charge in [0.15, 0.2) is 5.82 Å². The number of rotatable bonds is 3. The monoisotopic (exact) mass is 277 g/mol. The van der Waals surface area contributed by atoms with E-state index < -0.39 is 0 Å². The third-order valence-corrected chi connectivity index (χ3v) is 4.04. The molecule has 0 spiro atoms. The molecule has 0 N–H and O–H groups in total. The zero-order chi connectivity index (χ0) is 14.8. The number of nitrogens with zero attached hydrogens (tertiary/aromatic N) is 3. The van der Waals surface area contributed by atoms with E-state index in [-0.39, 0.29) is 0 Å². The number of pyridine rings is 1. The van der Waals surface area contributed by atoms with Crippen LogP contribution in [0.5, 0.6) is 0 Å². The first-order valence-corrected chi connectivity index (χ1v) is 7.50. The molecule has 1 aliphatic rings. The zero-order valence-corrected chi connectivity index (χ0v) is 12.6. The minimum atomic E-state index is 0.680. The van der Waals surface area contributed by atoms with Gasteiger partial charge >= 0.3 is 0 Å². The van der Waals surface area contributed by atoms with E-state index >= 15 is 0 Å². The van der Waals surface area contributed by atoms with E-state index in [9.17, 15) is 5.26 Å². The Morgan fingerprint density at radius 1 is 1.29 bits per heavy atom. The molecule has 1 heterocycles. The molecule has 1 aliphatic carbocycles. The maximum Gasteiger partial charge on any atom is 0.151 e. The predicted molar refractivity (Wildman–Crippen MR) is 84.8 cm³/mol. The van der Waals surface area contributed by atoms with Crippen molar-refractivity contribution in [2.75, 3.05) is 11.4 Å². The van der Waals surface area contributed by atoms with Gasteiger partial charge in [-0.05, 0) is 62.4 Å². The molecule has 0 saturated carbocycles. The number of nitriles is 1. The molecule has 1 aromatic heterocycles. The first kappa shape index (κ1) is 13.6. The van der Waals surface area contributed by atoms with Crippen molar-refractivity contribution < 1.29 is 0 Å². The van der Waals surface area contributed by atoms with Crippen molar-refractivity contribution in [2.24, 2.45) is 0 Å². The number of aryl methyl sites for hydroxylation is 3. The molecule has 3 rings (SSSR count). The Labute approximate surface area is 125 Å². The molecular weight excluding hydrogens is 258 g/mol. The van der Waals surface area contributed by atoms with Crippen LogP contribution >= 0.6 is 0 Å². The minimum absolute atomic E-state index is 0.680. The minimum Gasteiger partial charge on any atom is -0.326 e. The van der Waals surface area contributed by atoms with Crippen LogP contribution in [0.2, 0.25) is 0 Å². The molecule has 2 aromatic rings. The molecule has 21 heavy (non-hydrogen) atoms. The molecule has 0 radical (unpaired) electrons. The fourth-order valence-electron chi connectivity index (χ4n) is 3.00. The van der Waals surface area contributed by atoms with Crippen molar-refractivity contribution in [2.45, 2.75) is 33.1 Å². The van der Waals surface area contributed by atoms with Crippen LogP contribution in [-0.2, 0) is 12.8 Å². The molecular formula is C18H19N3. The number of aromatic nitrogens is 1. The van der Waals surface area contributed by atoms with Crippen LogP contribution in [0.15, 0.2) is 30.3 Å². The summed E-state index contributed by atoms with van der Waals surface area (Å²) in [5.74, 6) is 0.797. The summed E-state index contributed by atoms with van der Waals surface area (Å²) >= 11 is 0. The smallest absolute Gasteiger partial charge is 0.151 e. The molecule has 106 valence electrons. The van der Waals surface area contributed by atoms with Crippen molar-refractivity contribution in [1.82, 2.24) is 4.98 Å². The highest BCUT2D eigenvalue weighted by atomic mass is 15.2. The predicted octanol–water partition coefficient (Wildman–Crippen LogP) is 3.91. The topological polar surface area (TPSA) is 39.9 Å². The SMILES string of the molecule is CCN(c1cccc(C)c1)c1nc2c(cc1C#N)CCC2. The number of fused-ring (bicyclic) bond motifs is 1. The largest absolute Gasteiger partial charge is 0.326 e. The summed E-state index contributed by atoms with van der Waals surface area (Å²) in [6.45, 7) is 4.97. The van der Waals surface area contributed by atoms with E-state index in [1.165, 1.54) is 11.1 Å². The molecule has 0 amide bonds. The second-order valence-electron chi connectivity index (χ2n) is 5.51. The lowest BCUT2D eigenvalue weighted by atomic mass is 10.1. The summed E-state index contributed by atoms with van der Waals surface area (Å²) in [5.41, 5.74) is 5.40. The number of hydrogen-bond acceptors (Lipinski definition) is 3.